The van der Waals surface area contributed by atoms with Gasteiger partial charge in [0, 0.05) is 18.7 Å². The third-order valence-corrected chi connectivity index (χ3v) is 4.65. The van der Waals surface area contributed by atoms with Crippen LogP contribution in [0.25, 0.3) is 11.3 Å². The predicted molar refractivity (Wildman–Crippen MR) is 92.9 cm³/mol. The molecule has 1 aromatic carbocycles. The maximum Gasteiger partial charge on any atom is 0.411 e. The van der Waals surface area contributed by atoms with E-state index in [1.807, 2.05) is 60.7 Å². The Hall–Kier alpha value is -2.41. The molecule has 132 valence electrons. The van der Waals surface area contributed by atoms with Gasteiger partial charge in [-0.3, -0.25) is 4.90 Å². The summed E-state index contributed by atoms with van der Waals surface area (Å²) in [5, 5.41) is 12.2. The van der Waals surface area contributed by atoms with Gasteiger partial charge >= 0.3 is 6.09 Å². The Morgan fingerprint density at radius 3 is 2.64 bits per heavy atom. The van der Waals surface area contributed by atoms with Crippen molar-refractivity contribution in [1.29, 1.82) is 0 Å². The van der Waals surface area contributed by atoms with Gasteiger partial charge in [0.2, 0.25) is 0 Å². The van der Waals surface area contributed by atoms with E-state index in [0.717, 1.165) is 30.0 Å². The molecule has 25 heavy (non-hydrogen) atoms. The minimum absolute atomic E-state index is 0.0349. The minimum atomic E-state index is -0.517. The summed E-state index contributed by atoms with van der Waals surface area (Å²) in [7, 11) is 0. The summed E-state index contributed by atoms with van der Waals surface area (Å²) in [4.78, 5) is 14.6. The number of aromatic nitrogens is 3. The molecule has 1 aromatic heterocycles. The Labute approximate surface area is 147 Å². The Bertz CT molecular complexity index is 781. The molecule has 7 heteroatoms. The number of nitrogens with zero attached hydrogens (tertiary/aromatic N) is 4. The van der Waals surface area contributed by atoms with Crippen LogP contribution in [0.15, 0.2) is 30.3 Å². The van der Waals surface area contributed by atoms with Gasteiger partial charge in [-0.25, -0.2) is 9.48 Å². The fraction of sp³-hybridized carbons (Fsp3) is 0.500. The third kappa shape index (κ3) is 2.89. The number of carbonyl (C=O) groups is 1. The lowest BCUT2D eigenvalue weighted by Gasteiger charge is -2.38. The van der Waals surface area contributed by atoms with Crippen molar-refractivity contribution in [3.63, 3.8) is 0 Å². The van der Waals surface area contributed by atoms with E-state index in [1.165, 1.54) is 0 Å². The van der Waals surface area contributed by atoms with Crippen molar-refractivity contribution in [2.45, 2.75) is 45.0 Å². The highest BCUT2D eigenvalue weighted by atomic mass is 16.6. The van der Waals surface area contributed by atoms with E-state index >= 15 is 0 Å². The Balaban J connectivity index is 1.71. The summed E-state index contributed by atoms with van der Waals surface area (Å²) in [6, 6.07) is 10.1. The quantitative estimate of drug-likeness (QED) is 0.861. The normalized spacial score (nSPS) is 22.4. The average molecular weight is 341 g/mol. The molecular weight excluding hydrogens is 318 g/mol. The van der Waals surface area contributed by atoms with Gasteiger partial charge in [0.25, 0.3) is 0 Å². The maximum atomic E-state index is 12.8. The lowest BCUT2D eigenvalue weighted by atomic mass is 10.0. The van der Waals surface area contributed by atoms with Crippen LogP contribution in [0.1, 0.15) is 32.5 Å². The largest absolute Gasteiger partial charge is 0.444 e. The summed E-state index contributed by atoms with van der Waals surface area (Å²) in [6.45, 7) is 7.63. The molecular formula is C18H23N5O2. The van der Waals surface area contributed by atoms with Crippen LogP contribution in [0.5, 0.6) is 0 Å². The fourth-order valence-corrected chi connectivity index (χ4v) is 3.56. The maximum absolute atomic E-state index is 12.8. The van der Waals surface area contributed by atoms with Crippen LogP contribution in [-0.4, -0.2) is 50.7 Å². The van der Waals surface area contributed by atoms with Crippen molar-refractivity contribution in [1.82, 2.24) is 25.2 Å². The van der Waals surface area contributed by atoms with Gasteiger partial charge in [-0.1, -0.05) is 35.5 Å². The molecule has 0 radical (unpaired) electrons. The lowest BCUT2D eigenvalue weighted by molar-refractivity contribution is 0.00589. The number of hydrogen-bond acceptors (Lipinski definition) is 5. The first-order valence-corrected chi connectivity index (χ1v) is 8.64. The first-order valence-electron chi connectivity index (χ1n) is 8.64. The van der Waals surface area contributed by atoms with Crippen LogP contribution >= 0.6 is 0 Å². The van der Waals surface area contributed by atoms with Gasteiger partial charge in [-0.15, -0.1) is 5.10 Å². The first-order chi connectivity index (χ1) is 11.9. The first kappa shape index (κ1) is 16.1. The van der Waals surface area contributed by atoms with E-state index in [1.54, 1.807) is 0 Å². The van der Waals surface area contributed by atoms with Crippen molar-refractivity contribution < 1.29 is 9.53 Å². The van der Waals surface area contributed by atoms with E-state index in [4.69, 9.17) is 4.74 Å². The standard InChI is InChI=1S/C18H23N5O2/c1-18(2,3)25-17(24)22-11-15-16(12-7-5-4-6-8-12)20-21-23(15)14-10-19-9-13(14)22/h4-8,13-14,19H,9-11H2,1-3H3/t13-,14-/m1/s1. The van der Waals surface area contributed by atoms with Crippen LogP contribution in [0.2, 0.25) is 0 Å². The summed E-state index contributed by atoms with van der Waals surface area (Å²) in [6.07, 6.45) is -0.280. The molecule has 0 spiro atoms. The van der Waals surface area contributed by atoms with Gasteiger partial charge in [0.05, 0.1) is 24.3 Å². The monoisotopic (exact) mass is 341 g/mol. The van der Waals surface area contributed by atoms with Crippen molar-refractivity contribution >= 4 is 6.09 Å². The molecule has 2 atom stereocenters. The summed E-state index contributed by atoms with van der Waals surface area (Å²) in [5.74, 6) is 0. The molecule has 2 aliphatic heterocycles. The molecule has 2 aliphatic rings. The smallest absolute Gasteiger partial charge is 0.411 e. The van der Waals surface area contributed by atoms with Crippen LogP contribution in [0, 0.1) is 0 Å². The zero-order chi connectivity index (χ0) is 17.6. The molecule has 3 heterocycles. The summed E-state index contributed by atoms with van der Waals surface area (Å²) >= 11 is 0. The highest BCUT2D eigenvalue weighted by Crippen LogP contribution is 2.34. The topological polar surface area (TPSA) is 72.3 Å². The molecule has 1 saturated heterocycles. The number of benzene rings is 1. The average Bonchev–Trinajstić information content (AvgIpc) is 3.19. The number of carbonyl (C=O) groups excluding carboxylic acids is 1. The minimum Gasteiger partial charge on any atom is -0.444 e. The van der Waals surface area contributed by atoms with E-state index < -0.39 is 5.60 Å². The predicted octanol–water partition coefficient (Wildman–Crippen LogP) is 2.21. The van der Waals surface area contributed by atoms with E-state index in [0.29, 0.717) is 6.54 Å². The molecule has 0 bridgehead atoms. The van der Waals surface area contributed by atoms with Gasteiger partial charge in [-0.05, 0) is 20.8 Å². The molecule has 7 nitrogen and oxygen atoms in total. The Morgan fingerprint density at radius 2 is 1.92 bits per heavy atom. The van der Waals surface area contributed by atoms with Crippen LogP contribution in [-0.2, 0) is 11.3 Å². The number of nitrogens with one attached hydrogen (secondary N) is 1. The number of hydrogen-bond donors (Lipinski definition) is 1. The van der Waals surface area contributed by atoms with E-state index in [2.05, 4.69) is 15.6 Å². The molecule has 0 aliphatic carbocycles. The zero-order valence-electron chi connectivity index (χ0n) is 14.8. The van der Waals surface area contributed by atoms with Gasteiger partial charge in [0.15, 0.2) is 0 Å². The molecule has 1 amide bonds. The van der Waals surface area contributed by atoms with Crippen molar-refractivity contribution in [2.75, 3.05) is 13.1 Å². The van der Waals surface area contributed by atoms with Gasteiger partial charge in [0.1, 0.15) is 11.3 Å². The molecule has 1 fully saturated rings. The van der Waals surface area contributed by atoms with Crippen molar-refractivity contribution in [3.8, 4) is 11.3 Å². The van der Waals surface area contributed by atoms with Crippen LogP contribution in [0.3, 0.4) is 0 Å². The Morgan fingerprint density at radius 1 is 1.20 bits per heavy atom. The molecule has 4 rings (SSSR count). The van der Waals surface area contributed by atoms with Gasteiger partial charge in [-0.2, -0.15) is 0 Å². The number of ether oxygens (including phenoxy) is 1. The van der Waals surface area contributed by atoms with Crippen LogP contribution in [0.4, 0.5) is 4.79 Å². The van der Waals surface area contributed by atoms with Crippen molar-refractivity contribution in [3.05, 3.63) is 36.0 Å². The molecule has 2 aromatic rings. The Kier molecular flexibility index (Phi) is 3.76. The number of fused-ring (bicyclic) bond motifs is 3. The number of amides is 1. The summed E-state index contributed by atoms with van der Waals surface area (Å²) < 4.78 is 7.61. The molecule has 0 unspecified atom stereocenters. The fourth-order valence-electron chi connectivity index (χ4n) is 3.56. The third-order valence-electron chi connectivity index (χ3n) is 4.65. The second kappa shape index (κ2) is 5.84. The van der Waals surface area contributed by atoms with Crippen LogP contribution < -0.4 is 5.32 Å². The van der Waals surface area contributed by atoms with Gasteiger partial charge < -0.3 is 10.1 Å². The molecule has 1 N–H and O–H groups in total. The van der Waals surface area contributed by atoms with E-state index in [-0.39, 0.29) is 18.2 Å². The second-order valence-corrected chi connectivity index (χ2v) is 7.60. The second-order valence-electron chi connectivity index (χ2n) is 7.60. The summed E-state index contributed by atoms with van der Waals surface area (Å²) in [5.41, 5.74) is 2.29. The highest BCUT2D eigenvalue weighted by Gasteiger charge is 2.44. The molecule has 0 saturated carbocycles. The lowest BCUT2D eigenvalue weighted by Crippen LogP contribution is -2.50. The zero-order valence-corrected chi connectivity index (χ0v) is 14.8. The number of rotatable bonds is 1. The SMILES string of the molecule is CC(C)(C)OC(=O)N1Cc2c(-c3ccccc3)nnn2[C@@H]2CNC[C@H]21. The highest BCUT2D eigenvalue weighted by molar-refractivity contribution is 5.70. The van der Waals surface area contributed by atoms with E-state index in [9.17, 15) is 4.79 Å². The van der Waals surface area contributed by atoms with Crippen molar-refractivity contribution in [2.24, 2.45) is 0 Å².